The molecule has 0 aliphatic carbocycles. The van der Waals surface area contributed by atoms with Crippen molar-refractivity contribution in [2.45, 2.75) is 12.6 Å². The molecule has 2 aromatic rings. The highest BCUT2D eigenvalue weighted by Crippen LogP contribution is 2.37. The van der Waals surface area contributed by atoms with Gasteiger partial charge in [-0.05, 0) is 24.3 Å². The van der Waals surface area contributed by atoms with Gasteiger partial charge in [0.25, 0.3) is 5.91 Å². The molecule has 1 N–H and O–H groups in total. The molecule has 2 aliphatic rings. The van der Waals surface area contributed by atoms with Gasteiger partial charge in [0.1, 0.15) is 0 Å². The number of nitrogens with one attached hydrogen (secondary N) is 1. The van der Waals surface area contributed by atoms with E-state index in [-0.39, 0.29) is 31.6 Å². The topological polar surface area (TPSA) is 67.9 Å². The molecular weight excluding hydrogens is 389 g/mol. The van der Waals surface area contributed by atoms with Crippen LogP contribution in [0.5, 0.6) is 11.5 Å². The molecule has 2 aliphatic heterocycles. The van der Waals surface area contributed by atoms with Gasteiger partial charge in [-0.1, -0.05) is 12.1 Å². The van der Waals surface area contributed by atoms with Crippen LogP contribution in [0.25, 0.3) is 0 Å². The molecular formula is C20H17F3N2O4. The smallest absolute Gasteiger partial charge is 0.417 e. The van der Waals surface area contributed by atoms with Crippen molar-refractivity contribution in [3.8, 4) is 11.5 Å². The highest BCUT2D eigenvalue weighted by Gasteiger charge is 2.36. The molecule has 4 rings (SSSR count). The fraction of sp³-hybridized carbons (Fsp3) is 0.300. The van der Waals surface area contributed by atoms with Gasteiger partial charge in [0, 0.05) is 37.2 Å². The molecule has 2 amide bonds. The van der Waals surface area contributed by atoms with Crippen LogP contribution in [-0.2, 0) is 11.0 Å². The number of benzene rings is 2. The van der Waals surface area contributed by atoms with Crippen LogP contribution in [0.4, 0.5) is 18.9 Å². The van der Waals surface area contributed by atoms with Gasteiger partial charge in [-0.25, -0.2) is 0 Å². The normalized spacial score (nSPS) is 18.2. The number of rotatable bonds is 4. The van der Waals surface area contributed by atoms with E-state index in [0.717, 1.165) is 12.1 Å². The minimum Gasteiger partial charge on any atom is -0.454 e. The monoisotopic (exact) mass is 406 g/mol. The van der Waals surface area contributed by atoms with Gasteiger partial charge in [0.05, 0.1) is 11.1 Å². The lowest BCUT2D eigenvalue weighted by Gasteiger charge is -2.18. The summed E-state index contributed by atoms with van der Waals surface area (Å²) in [6.45, 7) is 0.568. The number of halogens is 3. The Morgan fingerprint density at radius 1 is 1.14 bits per heavy atom. The Morgan fingerprint density at radius 2 is 1.90 bits per heavy atom. The summed E-state index contributed by atoms with van der Waals surface area (Å²) in [5, 5.41) is 2.53. The SMILES string of the molecule is O=C(NCC1CC(=O)N(c2ccc3c(c2)OCO3)C1)c1ccccc1C(F)(F)F. The van der Waals surface area contributed by atoms with E-state index in [0.29, 0.717) is 23.7 Å². The second-order valence-corrected chi connectivity index (χ2v) is 6.87. The lowest BCUT2D eigenvalue weighted by atomic mass is 10.1. The molecule has 2 aromatic carbocycles. The van der Waals surface area contributed by atoms with Gasteiger partial charge in [-0.15, -0.1) is 0 Å². The Morgan fingerprint density at radius 3 is 2.69 bits per heavy atom. The molecule has 0 radical (unpaired) electrons. The molecule has 29 heavy (non-hydrogen) atoms. The molecule has 0 spiro atoms. The Labute approximate surface area is 164 Å². The molecule has 0 aromatic heterocycles. The second-order valence-electron chi connectivity index (χ2n) is 6.87. The van der Waals surface area contributed by atoms with Gasteiger partial charge >= 0.3 is 6.18 Å². The van der Waals surface area contributed by atoms with Crippen LogP contribution in [0, 0.1) is 5.92 Å². The van der Waals surface area contributed by atoms with Gasteiger partial charge in [0.2, 0.25) is 12.7 Å². The highest BCUT2D eigenvalue weighted by atomic mass is 19.4. The number of hydrogen-bond donors (Lipinski definition) is 1. The summed E-state index contributed by atoms with van der Waals surface area (Å²) in [6.07, 6.45) is -4.43. The molecule has 1 fully saturated rings. The second kappa shape index (κ2) is 7.31. The van der Waals surface area contributed by atoms with E-state index in [1.807, 2.05) is 0 Å². The van der Waals surface area contributed by atoms with E-state index in [9.17, 15) is 22.8 Å². The van der Waals surface area contributed by atoms with E-state index in [1.54, 1.807) is 23.1 Å². The van der Waals surface area contributed by atoms with Gasteiger partial charge in [0.15, 0.2) is 11.5 Å². The first kappa shape index (κ1) is 19.1. The van der Waals surface area contributed by atoms with Crippen LogP contribution in [0.1, 0.15) is 22.3 Å². The van der Waals surface area contributed by atoms with Crippen LogP contribution < -0.4 is 19.7 Å². The molecule has 1 unspecified atom stereocenters. The first-order valence-corrected chi connectivity index (χ1v) is 8.97. The van der Waals surface area contributed by atoms with Gasteiger partial charge in [-0.2, -0.15) is 13.2 Å². The van der Waals surface area contributed by atoms with E-state index < -0.39 is 23.2 Å². The lowest BCUT2D eigenvalue weighted by Crippen LogP contribution is -2.32. The van der Waals surface area contributed by atoms with Crippen LogP contribution >= 0.6 is 0 Å². The number of ether oxygens (including phenoxy) is 2. The summed E-state index contributed by atoms with van der Waals surface area (Å²) >= 11 is 0. The summed E-state index contributed by atoms with van der Waals surface area (Å²) in [5.74, 6) is 0.00369. The predicted molar refractivity (Wildman–Crippen MR) is 96.8 cm³/mol. The molecule has 0 bridgehead atoms. The molecule has 152 valence electrons. The number of nitrogens with zero attached hydrogens (tertiary/aromatic N) is 1. The Kier molecular flexibility index (Phi) is 4.81. The summed E-state index contributed by atoms with van der Waals surface area (Å²) in [6, 6.07) is 9.79. The zero-order chi connectivity index (χ0) is 20.6. The van der Waals surface area contributed by atoms with Crippen molar-refractivity contribution < 1.29 is 32.2 Å². The van der Waals surface area contributed by atoms with Crippen molar-refractivity contribution in [1.82, 2.24) is 5.32 Å². The van der Waals surface area contributed by atoms with Crippen LogP contribution in [0.2, 0.25) is 0 Å². The minimum absolute atomic E-state index is 0.0951. The summed E-state index contributed by atoms with van der Waals surface area (Å²) < 4.78 is 49.8. The predicted octanol–water partition coefficient (Wildman–Crippen LogP) is 3.22. The number of carbonyl (C=O) groups is 2. The molecule has 1 atom stereocenters. The Balaban J connectivity index is 1.41. The first-order valence-electron chi connectivity index (χ1n) is 8.97. The Bertz CT molecular complexity index is 961. The highest BCUT2D eigenvalue weighted by molar-refractivity contribution is 5.97. The fourth-order valence-electron chi connectivity index (χ4n) is 3.48. The number of anilines is 1. The molecule has 0 saturated carbocycles. The quantitative estimate of drug-likeness (QED) is 0.847. The number of carbonyl (C=O) groups excluding carboxylic acids is 2. The van der Waals surface area contributed by atoms with E-state index in [2.05, 4.69) is 5.32 Å². The number of amides is 2. The summed E-state index contributed by atoms with van der Waals surface area (Å²) in [4.78, 5) is 26.2. The zero-order valence-corrected chi connectivity index (χ0v) is 15.2. The van der Waals surface area contributed by atoms with Crippen LogP contribution in [0.15, 0.2) is 42.5 Å². The maximum atomic E-state index is 13.1. The minimum atomic E-state index is -4.62. The third-order valence-electron chi connectivity index (χ3n) is 4.90. The largest absolute Gasteiger partial charge is 0.454 e. The molecule has 9 heteroatoms. The van der Waals surface area contributed by atoms with Crippen molar-refractivity contribution in [2.24, 2.45) is 5.92 Å². The van der Waals surface area contributed by atoms with Crippen molar-refractivity contribution in [2.75, 3.05) is 24.8 Å². The van der Waals surface area contributed by atoms with Crippen molar-refractivity contribution in [3.05, 3.63) is 53.6 Å². The maximum absolute atomic E-state index is 13.1. The lowest BCUT2D eigenvalue weighted by molar-refractivity contribution is -0.138. The molecule has 1 saturated heterocycles. The average molecular weight is 406 g/mol. The van der Waals surface area contributed by atoms with Crippen molar-refractivity contribution in [3.63, 3.8) is 0 Å². The third kappa shape index (κ3) is 3.85. The summed E-state index contributed by atoms with van der Waals surface area (Å²) in [7, 11) is 0. The van der Waals surface area contributed by atoms with E-state index >= 15 is 0 Å². The number of hydrogen-bond acceptors (Lipinski definition) is 4. The van der Waals surface area contributed by atoms with Crippen molar-refractivity contribution >= 4 is 17.5 Å². The van der Waals surface area contributed by atoms with Gasteiger partial charge in [-0.3, -0.25) is 9.59 Å². The summed E-state index contributed by atoms with van der Waals surface area (Å²) in [5.41, 5.74) is -0.769. The standard InChI is InChI=1S/C20H17F3N2O4/c21-20(22,23)15-4-2-1-3-14(15)19(27)24-9-12-7-18(26)25(10-12)13-5-6-16-17(8-13)29-11-28-16/h1-6,8,12H,7,9-11H2,(H,24,27). The maximum Gasteiger partial charge on any atom is 0.417 e. The zero-order valence-electron chi connectivity index (χ0n) is 15.2. The van der Waals surface area contributed by atoms with E-state index in [1.165, 1.54) is 12.1 Å². The van der Waals surface area contributed by atoms with E-state index in [4.69, 9.17) is 9.47 Å². The average Bonchev–Trinajstić information content (AvgIpc) is 3.31. The fourth-order valence-corrected chi connectivity index (χ4v) is 3.48. The first-order chi connectivity index (χ1) is 13.8. The van der Waals surface area contributed by atoms with Crippen LogP contribution in [-0.4, -0.2) is 31.7 Å². The number of alkyl halides is 3. The Hall–Kier alpha value is -3.23. The van der Waals surface area contributed by atoms with Crippen molar-refractivity contribution in [1.29, 1.82) is 0 Å². The third-order valence-corrected chi connectivity index (χ3v) is 4.90. The van der Waals surface area contributed by atoms with Gasteiger partial charge < -0.3 is 19.7 Å². The molecule has 2 heterocycles. The van der Waals surface area contributed by atoms with Crippen LogP contribution in [0.3, 0.4) is 0 Å². The number of fused-ring (bicyclic) bond motifs is 1. The molecule has 6 nitrogen and oxygen atoms in total.